The van der Waals surface area contributed by atoms with E-state index in [-0.39, 0.29) is 34.1 Å². The molecular weight excluding hydrogens is 299 g/mol. The average Bonchev–Trinajstić information content (AvgIpc) is 3.26. The van der Waals surface area contributed by atoms with E-state index in [0.717, 1.165) is 12.3 Å². The molecule has 2 aliphatic rings. The van der Waals surface area contributed by atoms with Gasteiger partial charge in [0, 0.05) is 18.5 Å². The number of nitriles is 1. The molecule has 1 aliphatic carbocycles. The Morgan fingerprint density at radius 1 is 1.41 bits per heavy atom. The summed E-state index contributed by atoms with van der Waals surface area (Å²) >= 11 is 5.90. The highest BCUT2D eigenvalue weighted by Gasteiger charge is 2.45. The smallest absolute Gasteiger partial charge is 0.145 e. The maximum atomic E-state index is 14.3. The molecule has 3 unspecified atom stereocenters. The maximum Gasteiger partial charge on any atom is 0.145 e. The summed E-state index contributed by atoms with van der Waals surface area (Å²) in [6.07, 6.45) is 3.56. The van der Waals surface area contributed by atoms with Crippen molar-refractivity contribution in [1.29, 1.82) is 5.26 Å². The van der Waals surface area contributed by atoms with Crippen LogP contribution in [0.4, 0.5) is 4.39 Å². The van der Waals surface area contributed by atoms with E-state index in [2.05, 4.69) is 25.2 Å². The quantitative estimate of drug-likeness (QED) is 0.886. The predicted molar refractivity (Wildman–Crippen MR) is 86.2 cm³/mol. The second-order valence-electron chi connectivity index (χ2n) is 7.39. The Balaban J connectivity index is 1.80. The highest BCUT2D eigenvalue weighted by molar-refractivity contribution is 6.30. The van der Waals surface area contributed by atoms with Gasteiger partial charge in [-0.2, -0.15) is 5.26 Å². The fourth-order valence-electron chi connectivity index (χ4n) is 3.90. The van der Waals surface area contributed by atoms with E-state index in [9.17, 15) is 9.65 Å². The Bertz CT molecular complexity index is 604. The van der Waals surface area contributed by atoms with Crippen LogP contribution in [-0.2, 0) is 0 Å². The molecule has 1 heterocycles. The zero-order chi connectivity index (χ0) is 15.9. The number of rotatable bonds is 4. The highest BCUT2D eigenvalue weighted by atomic mass is 35.5. The lowest BCUT2D eigenvalue weighted by Gasteiger charge is -2.30. The van der Waals surface area contributed by atoms with Gasteiger partial charge in [0.15, 0.2) is 0 Å². The number of nitrogens with one attached hydrogen (secondary N) is 1. The molecule has 0 bridgehead atoms. The Hall–Kier alpha value is -1.11. The van der Waals surface area contributed by atoms with Crippen LogP contribution in [0.1, 0.15) is 44.6 Å². The van der Waals surface area contributed by atoms with Crippen molar-refractivity contribution in [3.05, 3.63) is 34.6 Å². The molecule has 118 valence electrons. The van der Waals surface area contributed by atoms with Gasteiger partial charge in [0.1, 0.15) is 5.82 Å². The maximum absolute atomic E-state index is 14.3. The summed E-state index contributed by atoms with van der Waals surface area (Å²) in [5, 5.41) is 13.2. The van der Waals surface area contributed by atoms with Crippen LogP contribution in [0.15, 0.2) is 18.2 Å². The SMILES string of the molecule is CC(C)(CC1NCC(c2cccc(Cl)c2F)C1C#N)C1CC1. The van der Waals surface area contributed by atoms with Crippen molar-refractivity contribution < 1.29 is 4.39 Å². The van der Waals surface area contributed by atoms with Crippen LogP contribution in [0.25, 0.3) is 0 Å². The summed E-state index contributed by atoms with van der Waals surface area (Å²) in [5.74, 6) is 0.0728. The summed E-state index contributed by atoms with van der Waals surface area (Å²) < 4.78 is 14.3. The predicted octanol–water partition coefficient (Wildman–Crippen LogP) is 4.50. The summed E-state index contributed by atoms with van der Waals surface area (Å²) in [6, 6.07) is 7.62. The Labute approximate surface area is 136 Å². The van der Waals surface area contributed by atoms with Crippen LogP contribution < -0.4 is 5.32 Å². The van der Waals surface area contributed by atoms with E-state index in [1.165, 1.54) is 12.8 Å². The number of halogens is 2. The fraction of sp³-hybridized carbons (Fsp3) is 0.611. The standard InChI is InChI=1S/C18H22ClFN2/c1-18(2,11-6-7-11)8-16-13(9-21)14(10-22-16)12-4-3-5-15(19)17(12)20/h3-5,11,13-14,16,22H,6-8,10H2,1-2H3. The Morgan fingerprint density at radius 2 is 2.14 bits per heavy atom. The molecule has 1 saturated carbocycles. The molecule has 3 atom stereocenters. The normalized spacial score (nSPS) is 28.6. The zero-order valence-electron chi connectivity index (χ0n) is 13.1. The molecular formula is C18H22ClFN2. The molecule has 4 heteroatoms. The molecule has 0 radical (unpaired) electrons. The van der Waals surface area contributed by atoms with Gasteiger partial charge in [-0.05, 0) is 42.2 Å². The average molecular weight is 321 g/mol. The third-order valence-electron chi connectivity index (χ3n) is 5.43. The lowest BCUT2D eigenvalue weighted by molar-refractivity contribution is 0.238. The van der Waals surface area contributed by atoms with Gasteiger partial charge in [0.2, 0.25) is 0 Å². The summed E-state index contributed by atoms with van der Waals surface area (Å²) in [7, 11) is 0. The molecule has 1 aliphatic heterocycles. The minimum absolute atomic E-state index is 0.122. The van der Waals surface area contributed by atoms with Gasteiger partial charge in [-0.3, -0.25) is 0 Å². The van der Waals surface area contributed by atoms with Crippen LogP contribution in [0, 0.1) is 34.4 Å². The molecule has 2 nitrogen and oxygen atoms in total. The van der Waals surface area contributed by atoms with E-state index in [1.807, 2.05) is 0 Å². The molecule has 22 heavy (non-hydrogen) atoms. The summed E-state index contributed by atoms with van der Waals surface area (Å²) in [6.45, 7) is 5.21. The first-order chi connectivity index (χ1) is 10.4. The minimum atomic E-state index is -0.377. The first-order valence-electron chi connectivity index (χ1n) is 8.01. The van der Waals surface area contributed by atoms with Crippen molar-refractivity contribution in [3.63, 3.8) is 0 Å². The largest absolute Gasteiger partial charge is 0.312 e. The lowest BCUT2D eigenvalue weighted by atomic mass is 9.76. The van der Waals surface area contributed by atoms with Crippen LogP contribution in [0.2, 0.25) is 5.02 Å². The monoisotopic (exact) mass is 320 g/mol. The van der Waals surface area contributed by atoms with Gasteiger partial charge in [-0.1, -0.05) is 37.6 Å². The van der Waals surface area contributed by atoms with E-state index in [0.29, 0.717) is 12.1 Å². The van der Waals surface area contributed by atoms with Gasteiger partial charge in [0.05, 0.1) is 17.0 Å². The molecule has 1 aromatic carbocycles. The summed E-state index contributed by atoms with van der Waals surface area (Å²) in [5.41, 5.74) is 0.812. The third-order valence-corrected chi connectivity index (χ3v) is 5.72. The molecule has 0 spiro atoms. The number of hydrogen-bond acceptors (Lipinski definition) is 2. The zero-order valence-corrected chi connectivity index (χ0v) is 13.8. The van der Waals surface area contributed by atoms with Crippen molar-refractivity contribution in [2.45, 2.75) is 45.1 Å². The van der Waals surface area contributed by atoms with Gasteiger partial charge in [-0.15, -0.1) is 0 Å². The van der Waals surface area contributed by atoms with Crippen molar-refractivity contribution in [1.82, 2.24) is 5.32 Å². The topological polar surface area (TPSA) is 35.8 Å². The van der Waals surface area contributed by atoms with Crippen molar-refractivity contribution in [2.75, 3.05) is 6.54 Å². The second-order valence-corrected chi connectivity index (χ2v) is 7.79. The van der Waals surface area contributed by atoms with Gasteiger partial charge < -0.3 is 5.32 Å². The van der Waals surface area contributed by atoms with Gasteiger partial charge in [0.25, 0.3) is 0 Å². The molecule has 3 rings (SSSR count). The van der Waals surface area contributed by atoms with E-state index >= 15 is 0 Å². The third kappa shape index (κ3) is 2.87. The van der Waals surface area contributed by atoms with Gasteiger partial charge in [-0.25, -0.2) is 4.39 Å². The Kier molecular flexibility index (Phi) is 4.18. The fourth-order valence-corrected chi connectivity index (χ4v) is 4.08. The van der Waals surface area contributed by atoms with Crippen LogP contribution in [0.5, 0.6) is 0 Å². The van der Waals surface area contributed by atoms with E-state index < -0.39 is 0 Å². The molecule has 2 fully saturated rings. The van der Waals surface area contributed by atoms with E-state index in [1.54, 1.807) is 18.2 Å². The van der Waals surface area contributed by atoms with Gasteiger partial charge >= 0.3 is 0 Å². The number of nitrogens with zero attached hydrogens (tertiary/aromatic N) is 1. The molecule has 1 N–H and O–H groups in total. The summed E-state index contributed by atoms with van der Waals surface area (Å²) in [4.78, 5) is 0. The number of benzene rings is 1. The van der Waals surface area contributed by atoms with Crippen LogP contribution >= 0.6 is 11.6 Å². The van der Waals surface area contributed by atoms with Crippen molar-refractivity contribution in [2.24, 2.45) is 17.3 Å². The Morgan fingerprint density at radius 3 is 2.77 bits per heavy atom. The first kappa shape index (κ1) is 15.8. The lowest BCUT2D eigenvalue weighted by Crippen LogP contribution is -2.33. The van der Waals surface area contributed by atoms with Crippen molar-refractivity contribution in [3.8, 4) is 6.07 Å². The molecule has 1 aromatic rings. The van der Waals surface area contributed by atoms with Crippen LogP contribution in [-0.4, -0.2) is 12.6 Å². The highest BCUT2D eigenvalue weighted by Crippen LogP contribution is 2.49. The molecule has 0 amide bonds. The second kappa shape index (κ2) is 5.83. The molecule has 0 aromatic heterocycles. The van der Waals surface area contributed by atoms with E-state index in [4.69, 9.17) is 11.6 Å². The van der Waals surface area contributed by atoms with Crippen molar-refractivity contribution >= 4 is 11.6 Å². The number of hydrogen-bond donors (Lipinski definition) is 1. The minimum Gasteiger partial charge on any atom is -0.312 e. The van der Waals surface area contributed by atoms with Crippen LogP contribution in [0.3, 0.4) is 0 Å². The molecule has 1 saturated heterocycles. The first-order valence-corrected chi connectivity index (χ1v) is 8.39.